The Hall–Kier alpha value is -0.820. The van der Waals surface area contributed by atoms with Crippen molar-refractivity contribution in [3.8, 4) is 0 Å². The molecule has 0 saturated heterocycles. The van der Waals surface area contributed by atoms with Crippen LogP contribution in [0.15, 0.2) is 24.3 Å². The van der Waals surface area contributed by atoms with Gasteiger partial charge in [0.15, 0.2) is 0 Å². The third-order valence-electron chi connectivity index (χ3n) is 3.87. The Morgan fingerprint density at radius 3 is 2.47 bits per heavy atom. The van der Waals surface area contributed by atoms with E-state index in [1.807, 2.05) is 0 Å². The van der Waals surface area contributed by atoms with Crippen LogP contribution >= 0.6 is 0 Å². The van der Waals surface area contributed by atoms with Gasteiger partial charge in [0, 0.05) is 0 Å². The summed E-state index contributed by atoms with van der Waals surface area (Å²) in [4.78, 5) is 0. The summed E-state index contributed by atoms with van der Waals surface area (Å²) in [6.45, 7) is 4.31. The lowest BCUT2D eigenvalue weighted by atomic mass is 9.85. The number of aryl methyl sites for hydroxylation is 1. The minimum absolute atomic E-state index is 0.393. The van der Waals surface area contributed by atoms with Gasteiger partial charge >= 0.3 is 0 Å². The van der Waals surface area contributed by atoms with Gasteiger partial charge in [-0.2, -0.15) is 0 Å². The molecule has 2 atom stereocenters. The van der Waals surface area contributed by atoms with Crippen molar-refractivity contribution in [2.45, 2.75) is 45.1 Å². The van der Waals surface area contributed by atoms with Crippen LogP contribution in [0, 0.1) is 5.92 Å². The molecule has 0 heterocycles. The lowest BCUT2D eigenvalue weighted by molar-refractivity contribution is 0.00448. The van der Waals surface area contributed by atoms with Crippen molar-refractivity contribution in [1.82, 2.24) is 0 Å². The number of hydrogen-bond acceptors (Lipinski definition) is 1. The highest BCUT2D eigenvalue weighted by molar-refractivity contribution is 5.28. The highest BCUT2D eigenvalue weighted by Crippen LogP contribution is 2.43. The van der Waals surface area contributed by atoms with Crippen LogP contribution in [0.3, 0.4) is 0 Å². The average Bonchev–Trinajstić information content (AvgIpc) is 2.61. The van der Waals surface area contributed by atoms with Crippen molar-refractivity contribution in [2.75, 3.05) is 0 Å². The van der Waals surface area contributed by atoms with Gasteiger partial charge < -0.3 is 5.11 Å². The van der Waals surface area contributed by atoms with Gasteiger partial charge in [-0.05, 0) is 42.7 Å². The first kappa shape index (κ1) is 10.7. The van der Waals surface area contributed by atoms with Gasteiger partial charge in [0.05, 0.1) is 5.60 Å². The van der Waals surface area contributed by atoms with Gasteiger partial charge in [-0.25, -0.2) is 0 Å². The number of benzene rings is 1. The zero-order valence-electron chi connectivity index (χ0n) is 9.66. The molecule has 1 fully saturated rings. The third kappa shape index (κ3) is 1.81. The minimum atomic E-state index is -0.563. The van der Waals surface area contributed by atoms with Crippen molar-refractivity contribution < 1.29 is 5.11 Å². The van der Waals surface area contributed by atoms with E-state index in [0.717, 1.165) is 31.2 Å². The van der Waals surface area contributed by atoms with Crippen molar-refractivity contribution in [3.63, 3.8) is 0 Å². The fourth-order valence-corrected chi connectivity index (χ4v) is 2.62. The predicted octanol–water partition coefficient (Wildman–Crippen LogP) is 3.26. The molecule has 0 radical (unpaired) electrons. The van der Waals surface area contributed by atoms with E-state index < -0.39 is 5.60 Å². The molecule has 0 aromatic heterocycles. The maximum absolute atomic E-state index is 10.6. The fraction of sp³-hybridized carbons (Fsp3) is 0.571. The smallest absolute Gasteiger partial charge is 0.0921 e. The van der Waals surface area contributed by atoms with E-state index in [4.69, 9.17) is 0 Å². The summed E-state index contributed by atoms with van der Waals surface area (Å²) >= 11 is 0. The summed E-state index contributed by atoms with van der Waals surface area (Å²) in [5, 5.41) is 10.6. The molecule has 0 unspecified atom stereocenters. The van der Waals surface area contributed by atoms with E-state index >= 15 is 0 Å². The van der Waals surface area contributed by atoms with E-state index in [0.29, 0.717) is 5.92 Å². The van der Waals surface area contributed by atoms with Crippen LogP contribution in [0.4, 0.5) is 0 Å². The second-order valence-electron chi connectivity index (χ2n) is 4.77. The molecule has 1 nitrogen and oxygen atoms in total. The zero-order valence-corrected chi connectivity index (χ0v) is 9.66. The molecule has 1 heteroatoms. The average molecular weight is 204 g/mol. The van der Waals surface area contributed by atoms with Crippen LogP contribution in [-0.4, -0.2) is 5.11 Å². The van der Waals surface area contributed by atoms with Gasteiger partial charge in [0.2, 0.25) is 0 Å². The summed E-state index contributed by atoms with van der Waals surface area (Å²) in [6, 6.07) is 8.47. The summed E-state index contributed by atoms with van der Waals surface area (Å²) in [7, 11) is 0. The van der Waals surface area contributed by atoms with Gasteiger partial charge in [-0.3, -0.25) is 0 Å². The Labute approximate surface area is 92.1 Å². The molecule has 82 valence electrons. The van der Waals surface area contributed by atoms with E-state index in [1.54, 1.807) is 0 Å². The first-order valence-electron chi connectivity index (χ1n) is 5.98. The maximum Gasteiger partial charge on any atom is 0.0921 e. The highest BCUT2D eigenvalue weighted by Gasteiger charge is 2.39. The van der Waals surface area contributed by atoms with Crippen LogP contribution < -0.4 is 0 Å². The molecule has 1 saturated carbocycles. The molecule has 1 aromatic rings. The van der Waals surface area contributed by atoms with Crippen molar-refractivity contribution in [2.24, 2.45) is 5.92 Å². The van der Waals surface area contributed by atoms with Crippen LogP contribution in [-0.2, 0) is 12.0 Å². The molecule has 0 spiro atoms. The minimum Gasteiger partial charge on any atom is -0.385 e. The van der Waals surface area contributed by atoms with E-state index in [1.165, 1.54) is 5.56 Å². The highest BCUT2D eigenvalue weighted by atomic mass is 16.3. The van der Waals surface area contributed by atoms with Crippen molar-refractivity contribution in [3.05, 3.63) is 35.4 Å². The van der Waals surface area contributed by atoms with Gasteiger partial charge in [-0.15, -0.1) is 0 Å². The molecule has 15 heavy (non-hydrogen) atoms. The van der Waals surface area contributed by atoms with Crippen LogP contribution in [0.1, 0.15) is 44.2 Å². The third-order valence-corrected chi connectivity index (χ3v) is 3.87. The van der Waals surface area contributed by atoms with E-state index in [2.05, 4.69) is 38.1 Å². The van der Waals surface area contributed by atoms with Crippen LogP contribution in [0.5, 0.6) is 0 Å². The quantitative estimate of drug-likeness (QED) is 0.784. The SMILES string of the molecule is CCc1ccc([C@@]2(O)CCC[C@H]2C)cc1. The first-order valence-corrected chi connectivity index (χ1v) is 5.98. The molecule has 2 rings (SSSR count). The Bertz CT molecular complexity index is 328. The Morgan fingerprint density at radius 1 is 1.33 bits per heavy atom. The molecule has 1 aliphatic carbocycles. The number of aliphatic hydroxyl groups is 1. The zero-order chi connectivity index (χ0) is 10.9. The molecule has 0 aliphatic heterocycles. The maximum atomic E-state index is 10.6. The standard InChI is InChI=1S/C14H20O/c1-3-12-6-8-13(9-7-12)14(15)10-4-5-11(14)2/h6-9,11,15H,3-5,10H2,1-2H3/t11-,14-/m1/s1. The molecule has 0 bridgehead atoms. The van der Waals surface area contributed by atoms with E-state index in [-0.39, 0.29) is 0 Å². The first-order chi connectivity index (χ1) is 7.16. The molecule has 1 aliphatic rings. The lowest BCUT2D eigenvalue weighted by Crippen LogP contribution is -2.28. The lowest BCUT2D eigenvalue weighted by Gasteiger charge is -2.28. The van der Waals surface area contributed by atoms with Gasteiger partial charge in [0.1, 0.15) is 0 Å². The van der Waals surface area contributed by atoms with Crippen molar-refractivity contribution >= 4 is 0 Å². The summed E-state index contributed by atoms with van der Waals surface area (Å²) in [5.74, 6) is 0.393. The van der Waals surface area contributed by atoms with Gasteiger partial charge in [0.25, 0.3) is 0 Å². The molecule has 1 N–H and O–H groups in total. The van der Waals surface area contributed by atoms with Gasteiger partial charge in [-0.1, -0.05) is 38.1 Å². The monoisotopic (exact) mass is 204 g/mol. The van der Waals surface area contributed by atoms with Crippen LogP contribution in [0.25, 0.3) is 0 Å². The van der Waals surface area contributed by atoms with Crippen molar-refractivity contribution in [1.29, 1.82) is 0 Å². The molecular formula is C14H20O. The summed E-state index contributed by atoms with van der Waals surface area (Å²) in [5.41, 5.74) is 1.88. The molecular weight excluding hydrogens is 184 g/mol. The second kappa shape index (κ2) is 3.97. The van der Waals surface area contributed by atoms with E-state index in [9.17, 15) is 5.11 Å². The normalized spacial score (nSPS) is 30.7. The number of hydrogen-bond donors (Lipinski definition) is 1. The number of rotatable bonds is 2. The second-order valence-corrected chi connectivity index (χ2v) is 4.77. The molecule has 0 amide bonds. The topological polar surface area (TPSA) is 20.2 Å². The largest absolute Gasteiger partial charge is 0.385 e. The predicted molar refractivity (Wildman–Crippen MR) is 62.7 cm³/mol. The Kier molecular flexibility index (Phi) is 2.83. The molecule has 1 aromatic carbocycles. The van der Waals surface area contributed by atoms with Crippen LogP contribution in [0.2, 0.25) is 0 Å². The Morgan fingerprint density at radius 2 is 2.00 bits per heavy atom. The summed E-state index contributed by atoms with van der Waals surface area (Å²) in [6.07, 6.45) is 4.27. The summed E-state index contributed by atoms with van der Waals surface area (Å²) < 4.78 is 0. The fourth-order valence-electron chi connectivity index (χ4n) is 2.62. The Balaban J connectivity index is 2.28.